The maximum Gasteiger partial charge on any atom is 0.207 e. The molecule has 0 radical (unpaired) electrons. The van der Waals surface area contributed by atoms with Crippen LogP contribution < -0.4 is 4.74 Å². The van der Waals surface area contributed by atoms with Gasteiger partial charge in [0.25, 0.3) is 0 Å². The Bertz CT molecular complexity index is 488. The van der Waals surface area contributed by atoms with Gasteiger partial charge in [-0.05, 0) is 23.7 Å². The molecule has 2 aromatic rings. The lowest BCUT2D eigenvalue weighted by Gasteiger charge is -2.04. The van der Waals surface area contributed by atoms with Crippen molar-refractivity contribution >= 4 is 38.9 Å². The standard InChI is InChI=1S/C9H5BrClFN2OS/c10-5-1-6(12)3-7(2-5)15-4-8-13-14-9(11)16-8/h1-3H,4H2. The van der Waals surface area contributed by atoms with E-state index in [1.807, 2.05) is 0 Å². The molecule has 0 bridgehead atoms. The average molecular weight is 324 g/mol. The molecule has 0 aliphatic rings. The summed E-state index contributed by atoms with van der Waals surface area (Å²) in [6.45, 7) is 0.222. The van der Waals surface area contributed by atoms with Crippen LogP contribution >= 0.6 is 38.9 Å². The Morgan fingerprint density at radius 1 is 1.38 bits per heavy atom. The van der Waals surface area contributed by atoms with E-state index in [4.69, 9.17) is 16.3 Å². The van der Waals surface area contributed by atoms with Crippen LogP contribution in [0.4, 0.5) is 4.39 Å². The Kier molecular flexibility index (Phi) is 3.73. The molecule has 0 saturated carbocycles. The number of nitrogens with zero attached hydrogens (tertiary/aromatic N) is 2. The van der Waals surface area contributed by atoms with E-state index in [0.717, 1.165) is 0 Å². The van der Waals surface area contributed by atoms with E-state index in [2.05, 4.69) is 26.1 Å². The molecule has 0 spiro atoms. The van der Waals surface area contributed by atoms with Crippen LogP contribution in [0.15, 0.2) is 22.7 Å². The summed E-state index contributed by atoms with van der Waals surface area (Å²) in [6.07, 6.45) is 0. The van der Waals surface area contributed by atoms with Crippen molar-refractivity contribution in [3.63, 3.8) is 0 Å². The minimum absolute atomic E-state index is 0.222. The van der Waals surface area contributed by atoms with Crippen molar-refractivity contribution in [3.05, 3.63) is 38.0 Å². The molecule has 1 heterocycles. The van der Waals surface area contributed by atoms with Crippen LogP contribution in [0.2, 0.25) is 4.47 Å². The summed E-state index contributed by atoms with van der Waals surface area (Å²) in [5.74, 6) is 0.0675. The molecular formula is C9H5BrClFN2OS. The second-order valence-electron chi connectivity index (χ2n) is 2.84. The Balaban J connectivity index is 2.04. The van der Waals surface area contributed by atoms with Gasteiger partial charge in [-0.3, -0.25) is 0 Å². The fourth-order valence-electron chi connectivity index (χ4n) is 1.05. The summed E-state index contributed by atoms with van der Waals surface area (Å²) >= 11 is 10.0. The van der Waals surface area contributed by atoms with Crippen molar-refractivity contribution in [2.24, 2.45) is 0 Å². The molecular weight excluding hydrogens is 319 g/mol. The highest BCUT2D eigenvalue weighted by Crippen LogP contribution is 2.22. The third-order valence-electron chi connectivity index (χ3n) is 1.64. The molecule has 3 nitrogen and oxygen atoms in total. The highest BCUT2D eigenvalue weighted by molar-refractivity contribution is 9.10. The molecule has 0 atom stereocenters. The van der Waals surface area contributed by atoms with E-state index in [1.54, 1.807) is 6.07 Å². The van der Waals surface area contributed by atoms with Gasteiger partial charge in [0.05, 0.1) is 0 Å². The first-order valence-electron chi connectivity index (χ1n) is 4.20. The van der Waals surface area contributed by atoms with E-state index in [1.165, 1.54) is 23.5 Å². The fraction of sp³-hybridized carbons (Fsp3) is 0.111. The highest BCUT2D eigenvalue weighted by atomic mass is 79.9. The zero-order valence-electron chi connectivity index (χ0n) is 7.78. The molecule has 7 heteroatoms. The van der Waals surface area contributed by atoms with Crippen molar-refractivity contribution in [1.29, 1.82) is 0 Å². The molecule has 0 aliphatic heterocycles. The van der Waals surface area contributed by atoms with E-state index in [0.29, 0.717) is 19.7 Å². The summed E-state index contributed by atoms with van der Waals surface area (Å²) < 4.78 is 19.3. The molecule has 0 fully saturated rings. The third-order valence-corrected chi connectivity index (χ3v) is 3.09. The molecule has 2 rings (SSSR count). The second-order valence-corrected chi connectivity index (χ2v) is 5.40. The summed E-state index contributed by atoms with van der Waals surface area (Å²) in [7, 11) is 0. The predicted molar refractivity (Wildman–Crippen MR) is 63.4 cm³/mol. The van der Waals surface area contributed by atoms with Gasteiger partial charge in [0.15, 0.2) is 5.01 Å². The Morgan fingerprint density at radius 2 is 2.19 bits per heavy atom. The van der Waals surface area contributed by atoms with Gasteiger partial charge in [-0.25, -0.2) is 4.39 Å². The second kappa shape index (κ2) is 5.07. The van der Waals surface area contributed by atoms with Gasteiger partial charge in [-0.2, -0.15) is 0 Å². The SMILES string of the molecule is Fc1cc(Br)cc(OCc2nnc(Cl)s2)c1. The molecule has 0 saturated heterocycles. The van der Waals surface area contributed by atoms with Crippen molar-refractivity contribution in [3.8, 4) is 5.75 Å². The maximum absolute atomic E-state index is 13.0. The summed E-state index contributed by atoms with van der Waals surface area (Å²) in [5.41, 5.74) is 0. The number of aromatic nitrogens is 2. The predicted octanol–water partition coefficient (Wildman–Crippen LogP) is 3.67. The van der Waals surface area contributed by atoms with Gasteiger partial charge in [0.1, 0.15) is 18.2 Å². The van der Waals surface area contributed by atoms with Crippen molar-refractivity contribution in [2.45, 2.75) is 6.61 Å². The van der Waals surface area contributed by atoms with Crippen LogP contribution in [0, 0.1) is 5.82 Å². The van der Waals surface area contributed by atoms with Crippen molar-refractivity contribution in [2.75, 3.05) is 0 Å². The first kappa shape index (κ1) is 11.8. The number of ether oxygens (including phenoxy) is 1. The maximum atomic E-state index is 13.0. The quantitative estimate of drug-likeness (QED) is 0.864. The van der Waals surface area contributed by atoms with Crippen LogP contribution in [0.1, 0.15) is 5.01 Å². The Morgan fingerprint density at radius 3 is 2.81 bits per heavy atom. The minimum atomic E-state index is -0.361. The zero-order valence-corrected chi connectivity index (χ0v) is 10.9. The van der Waals surface area contributed by atoms with E-state index >= 15 is 0 Å². The van der Waals surface area contributed by atoms with Gasteiger partial charge in [-0.15, -0.1) is 10.2 Å². The monoisotopic (exact) mass is 322 g/mol. The molecule has 0 aliphatic carbocycles. The summed E-state index contributed by atoms with van der Waals surface area (Å²) in [6, 6.07) is 4.33. The van der Waals surface area contributed by atoms with Gasteiger partial charge >= 0.3 is 0 Å². The largest absolute Gasteiger partial charge is 0.486 e. The smallest absolute Gasteiger partial charge is 0.207 e. The highest BCUT2D eigenvalue weighted by Gasteiger charge is 2.04. The first-order valence-corrected chi connectivity index (χ1v) is 6.19. The van der Waals surface area contributed by atoms with Crippen molar-refractivity contribution < 1.29 is 9.13 Å². The third kappa shape index (κ3) is 3.13. The molecule has 1 aromatic carbocycles. The van der Waals surface area contributed by atoms with Gasteiger partial charge in [-0.1, -0.05) is 27.3 Å². The summed E-state index contributed by atoms with van der Waals surface area (Å²) in [4.78, 5) is 0. The molecule has 84 valence electrons. The molecule has 0 unspecified atom stereocenters. The average Bonchev–Trinajstić information content (AvgIpc) is 2.60. The van der Waals surface area contributed by atoms with Gasteiger partial charge in [0.2, 0.25) is 4.47 Å². The Labute approximate surface area is 108 Å². The van der Waals surface area contributed by atoms with Crippen LogP contribution in [-0.2, 0) is 6.61 Å². The van der Waals surface area contributed by atoms with E-state index in [9.17, 15) is 4.39 Å². The van der Waals surface area contributed by atoms with Crippen LogP contribution in [0.3, 0.4) is 0 Å². The molecule has 1 aromatic heterocycles. The van der Waals surface area contributed by atoms with Crippen LogP contribution in [0.25, 0.3) is 0 Å². The lowest BCUT2D eigenvalue weighted by molar-refractivity contribution is 0.302. The molecule has 16 heavy (non-hydrogen) atoms. The van der Waals surface area contributed by atoms with Crippen LogP contribution in [0.5, 0.6) is 5.75 Å². The lowest BCUT2D eigenvalue weighted by atomic mass is 10.3. The number of hydrogen-bond donors (Lipinski definition) is 0. The van der Waals surface area contributed by atoms with Gasteiger partial charge < -0.3 is 4.74 Å². The number of rotatable bonds is 3. The zero-order chi connectivity index (χ0) is 11.5. The number of halogens is 3. The van der Waals surface area contributed by atoms with E-state index in [-0.39, 0.29) is 12.4 Å². The van der Waals surface area contributed by atoms with Crippen LogP contribution in [-0.4, -0.2) is 10.2 Å². The van der Waals surface area contributed by atoms with Crippen molar-refractivity contribution in [1.82, 2.24) is 10.2 Å². The normalized spacial score (nSPS) is 10.4. The Hall–Kier alpha value is -0.720. The fourth-order valence-corrected chi connectivity index (χ4v) is 2.27. The minimum Gasteiger partial charge on any atom is -0.486 e. The molecule has 0 N–H and O–H groups in total. The summed E-state index contributed by atoms with van der Waals surface area (Å²) in [5, 5.41) is 8.06. The van der Waals surface area contributed by atoms with Gasteiger partial charge in [0, 0.05) is 10.5 Å². The lowest BCUT2D eigenvalue weighted by Crippen LogP contribution is -1.95. The van der Waals surface area contributed by atoms with E-state index < -0.39 is 0 Å². The molecule has 0 amide bonds. The number of hydrogen-bond acceptors (Lipinski definition) is 4. The first-order chi connectivity index (χ1) is 7.63. The topological polar surface area (TPSA) is 35.0 Å². The number of benzene rings is 1.